The summed E-state index contributed by atoms with van der Waals surface area (Å²) in [7, 11) is 1.92. The molecule has 0 amide bonds. The van der Waals surface area contributed by atoms with Crippen LogP contribution in [0.2, 0.25) is 0 Å². The molecule has 12 heavy (non-hydrogen) atoms. The molecule has 0 heterocycles. The van der Waals surface area contributed by atoms with E-state index in [2.05, 4.69) is 26.1 Å². The third-order valence-electron chi connectivity index (χ3n) is 2.69. The molecular formula is C10H21NO. The van der Waals surface area contributed by atoms with E-state index in [4.69, 9.17) is 0 Å². The minimum atomic E-state index is 0.209. The van der Waals surface area contributed by atoms with E-state index in [1.165, 1.54) is 0 Å². The molecule has 1 atom stereocenters. The zero-order valence-corrected chi connectivity index (χ0v) is 8.90. The van der Waals surface area contributed by atoms with Gasteiger partial charge in [-0.1, -0.05) is 20.8 Å². The van der Waals surface area contributed by atoms with Crippen molar-refractivity contribution in [3.8, 4) is 0 Å². The van der Waals surface area contributed by atoms with Crippen LogP contribution in [-0.2, 0) is 4.79 Å². The first-order valence-corrected chi connectivity index (χ1v) is 4.60. The van der Waals surface area contributed by atoms with Crippen molar-refractivity contribution < 1.29 is 4.79 Å². The van der Waals surface area contributed by atoms with Gasteiger partial charge in [-0.3, -0.25) is 4.79 Å². The maximum atomic E-state index is 10.9. The van der Waals surface area contributed by atoms with E-state index in [9.17, 15) is 4.79 Å². The van der Waals surface area contributed by atoms with E-state index in [-0.39, 0.29) is 11.2 Å². The fourth-order valence-corrected chi connectivity index (χ4v) is 1.30. The second kappa shape index (κ2) is 4.61. The fourth-order valence-electron chi connectivity index (χ4n) is 1.30. The number of Topliss-reactive ketones (excluding diaryl/α,β-unsaturated/α-hetero) is 1. The van der Waals surface area contributed by atoms with Gasteiger partial charge in [-0.05, 0) is 25.8 Å². The fraction of sp³-hybridized carbons (Fsp3) is 0.900. The van der Waals surface area contributed by atoms with Crippen molar-refractivity contribution in [1.29, 1.82) is 0 Å². The van der Waals surface area contributed by atoms with Gasteiger partial charge in [-0.25, -0.2) is 0 Å². The van der Waals surface area contributed by atoms with Crippen molar-refractivity contribution in [2.45, 2.75) is 46.6 Å². The number of hydrogen-bond donors (Lipinski definition) is 1. The summed E-state index contributed by atoms with van der Waals surface area (Å²) in [6, 6.07) is 0.306. The van der Waals surface area contributed by atoms with Crippen molar-refractivity contribution in [3.63, 3.8) is 0 Å². The first-order chi connectivity index (χ1) is 5.44. The molecule has 0 aromatic heterocycles. The number of carbonyl (C=O) groups is 1. The lowest BCUT2D eigenvalue weighted by Crippen LogP contribution is -2.40. The Labute approximate surface area is 75.7 Å². The molecule has 0 saturated carbocycles. The summed E-state index contributed by atoms with van der Waals surface area (Å²) < 4.78 is 0. The van der Waals surface area contributed by atoms with Gasteiger partial charge in [0.15, 0.2) is 0 Å². The predicted octanol–water partition coefficient (Wildman–Crippen LogP) is 1.99. The normalized spacial score (nSPS) is 14.4. The summed E-state index contributed by atoms with van der Waals surface area (Å²) >= 11 is 0. The van der Waals surface area contributed by atoms with Crippen LogP contribution in [0.3, 0.4) is 0 Å². The number of ketones is 1. The average molecular weight is 171 g/mol. The second-order valence-electron chi connectivity index (χ2n) is 4.09. The van der Waals surface area contributed by atoms with E-state index in [0.29, 0.717) is 12.5 Å². The maximum Gasteiger partial charge on any atom is 0.131 e. The molecule has 0 aliphatic carbocycles. The highest BCUT2D eigenvalue weighted by molar-refractivity contribution is 5.76. The smallest absolute Gasteiger partial charge is 0.131 e. The molecule has 1 N–H and O–H groups in total. The number of nitrogens with one attached hydrogen (secondary N) is 1. The van der Waals surface area contributed by atoms with Crippen molar-refractivity contribution in [2.75, 3.05) is 7.05 Å². The lowest BCUT2D eigenvalue weighted by molar-refractivity contribution is -0.118. The molecule has 0 rings (SSSR count). The Bertz CT molecular complexity index is 152. The highest BCUT2D eigenvalue weighted by atomic mass is 16.1. The Morgan fingerprint density at radius 1 is 1.50 bits per heavy atom. The highest BCUT2D eigenvalue weighted by Crippen LogP contribution is 2.26. The van der Waals surface area contributed by atoms with Gasteiger partial charge in [-0.15, -0.1) is 0 Å². The first kappa shape index (κ1) is 11.6. The summed E-state index contributed by atoms with van der Waals surface area (Å²) in [6.07, 6.45) is 1.73. The molecule has 0 saturated heterocycles. The summed E-state index contributed by atoms with van der Waals surface area (Å²) in [6.45, 7) is 8.19. The molecule has 0 aliphatic rings. The minimum absolute atomic E-state index is 0.209. The topological polar surface area (TPSA) is 29.1 Å². The predicted molar refractivity (Wildman–Crippen MR) is 52.2 cm³/mol. The van der Waals surface area contributed by atoms with Crippen LogP contribution in [0.4, 0.5) is 0 Å². The van der Waals surface area contributed by atoms with Crippen LogP contribution >= 0.6 is 0 Å². The van der Waals surface area contributed by atoms with E-state index in [1.54, 1.807) is 6.92 Å². The van der Waals surface area contributed by atoms with Crippen molar-refractivity contribution in [1.82, 2.24) is 5.32 Å². The summed E-state index contributed by atoms with van der Waals surface area (Å²) in [5, 5.41) is 3.20. The van der Waals surface area contributed by atoms with Crippen LogP contribution in [-0.4, -0.2) is 18.9 Å². The molecule has 72 valence electrons. The molecule has 0 aromatic carbocycles. The standard InChI is InChI=1S/C10H21NO/c1-6-10(3,4)9(11-5)7-8(2)12/h9,11H,6-7H2,1-5H3. The zero-order chi connectivity index (χ0) is 9.78. The summed E-state index contributed by atoms with van der Waals surface area (Å²) in [5.41, 5.74) is 0.209. The third-order valence-corrected chi connectivity index (χ3v) is 2.69. The van der Waals surface area contributed by atoms with Crippen LogP contribution in [0.15, 0.2) is 0 Å². The molecule has 1 unspecified atom stereocenters. The molecule has 0 fully saturated rings. The zero-order valence-electron chi connectivity index (χ0n) is 8.90. The van der Waals surface area contributed by atoms with Gasteiger partial charge in [-0.2, -0.15) is 0 Å². The summed E-state index contributed by atoms with van der Waals surface area (Å²) in [4.78, 5) is 10.9. The molecule has 2 heteroatoms. The van der Waals surface area contributed by atoms with Gasteiger partial charge in [0.25, 0.3) is 0 Å². The molecule has 0 radical (unpaired) electrons. The molecule has 0 aromatic rings. The molecule has 2 nitrogen and oxygen atoms in total. The largest absolute Gasteiger partial charge is 0.316 e. The lowest BCUT2D eigenvalue weighted by Gasteiger charge is -2.32. The Kier molecular flexibility index (Phi) is 4.46. The number of rotatable bonds is 5. The van der Waals surface area contributed by atoms with Gasteiger partial charge < -0.3 is 5.32 Å². The van der Waals surface area contributed by atoms with Crippen LogP contribution in [0.1, 0.15) is 40.5 Å². The van der Waals surface area contributed by atoms with Gasteiger partial charge in [0.05, 0.1) is 0 Å². The SMILES string of the molecule is CCC(C)(C)C(CC(C)=O)NC. The first-order valence-electron chi connectivity index (χ1n) is 4.60. The Hall–Kier alpha value is -0.370. The van der Waals surface area contributed by atoms with Gasteiger partial charge in [0.2, 0.25) is 0 Å². The second-order valence-corrected chi connectivity index (χ2v) is 4.09. The average Bonchev–Trinajstić information content (AvgIpc) is 1.99. The summed E-state index contributed by atoms with van der Waals surface area (Å²) in [5.74, 6) is 0.260. The van der Waals surface area contributed by atoms with Gasteiger partial charge >= 0.3 is 0 Å². The van der Waals surface area contributed by atoms with Gasteiger partial charge in [0, 0.05) is 12.5 Å². The number of carbonyl (C=O) groups excluding carboxylic acids is 1. The molecular weight excluding hydrogens is 150 g/mol. The van der Waals surface area contributed by atoms with Crippen molar-refractivity contribution >= 4 is 5.78 Å². The van der Waals surface area contributed by atoms with Crippen LogP contribution in [0, 0.1) is 5.41 Å². The Morgan fingerprint density at radius 3 is 2.25 bits per heavy atom. The lowest BCUT2D eigenvalue weighted by atomic mass is 9.80. The Balaban J connectivity index is 4.23. The number of hydrogen-bond acceptors (Lipinski definition) is 2. The van der Waals surface area contributed by atoms with E-state index in [1.807, 2.05) is 7.05 Å². The third kappa shape index (κ3) is 3.35. The highest BCUT2D eigenvalue weighted by Gasteiger charge is 2.26. The molecule has 0 spiro atoms. The minimum Gasteiger partial charge on any atom is -0.316 e. The Morgan fingerprint density at radius 2 is 2.00 bits per heavy atom. The van der Waals surface area contributed by atoms with E-state index >= 15 is 0 Å². The molecule has 0 aliphatic heterocycles. The van der Waals surface area contributed by atoms with Crippen LogP contribution in [0.25, 0.3) is 0 Å². The monoisotopic (exact) mass is 171 g/mol. The van der Waals surface area contributed by atoms with Crippen molar-refractivity contribution in [2.24, 2.45) is 5.41 Å². The van der Waals surface area contributed by atoms with E-state index < -0.39 is 0 Å². The van der Waals surface area contributed by atoms with Gasteiger partial charge in [0.1, 0.15) is 5.78 Å². The van der Waals surface area contributed by atoms with Crippen LogP contribution < -0.4 is 5.32 Å². The van der Waals surface area contributed by atoms with E-state index in [0.717, 1.165) is 6.42 Å². The maximum absolute atomic E-state index is 10.9. The quantitative estimate of drug-likeness (QED) is 0.685. The van der Waals surface area contributed by atoms with Crippen molar-refractivity contribution in [3.05, 3.63) is 0 Å². The van der Waals surface area contributed by atoms with Crippen LogP contribution in [0.5, 0.6) is 0 Å². The molecule has 0 bridgehead atoms.